The summed E-state index contributed by atoms with van der Waals surface area (Å²) in [6.45, 7) is 7.95. The number of aryl methyl sites for hydroxylation is 2. The molecule has 0 aliphatic carbocycles. The van der Waals surface area contributed by atoms with Gasteiger partial charge in [-0.15, -0.1) is 0 Å². The van der Waals surface area contributed by atoms with Crippen molar-refractivity contribution >= 4 is 11.7 Å². The SMILES string of the molecule is Cc1ccc(NCC(C)(C)C(=O)O)cc1C. The van der Waals surface area contributed by atoms with Gasteiger partial charge in [-0.1, -0.05) is 6.07 Å². The minimum Gasteiger partial charge on any atom is -0.481 e. The molecule has 0 amide bonds. The van der Waals surface area contributed by atoms with Gasteiger partial charge in [-0.3, -0.25) is 4.79 Å². The Morgan fingerprint density at radius 3 is 2.44 bits per heavy atom. The molecule has 2 N–H and O–H groups in total. The molecule has 0 unspecified atom stereocenters. The lowest BCUT2D eigenvalue weighted by Crippen LogP contribution is -2.31. The molecule has 1 aromatic rings. The average molecular weight is 221 g/mol. The van der Waals surface area contributed by atoms with Crippen molar-refractivity contribution in [3.8, 4) is 0 Å². The monoisotopic (exact) mass is 221 g/mol. The van der Waals surface area contributed by atoms with Gasteiger partial charge in [-0.25, -0.2) is 0 Å². The van der Waals surface area contributed by atoms with Crippen molar-refractivity contribution in [3.63, 3.8) is 0 Å². The van der Waals surface area contributed by atoms with Crippen molar-refractivity contribution < 1.29 is 9.90 Å². The van der Waals surface area contributed by atoms with Crippen LogP contribution in [0.4, 0.5) is 5.69 Å². The molecule has 88 valence electrons. The number of benzene rings is 1. The predicted molar refractivity (Wildman–Crippen MR) is 65.8 cm³/mol. The van der Waals surface area contributed by atoms with E-state index in [2.05, 4.69) is 12.2 Å². The first-order chi connectivity index (χ1) is 7.33. The summed E-state index contributed by atoms with van der Waals surface area (Å²) in [6.07, 6.45) is 0. The van der Waals surface area contributed by atoms with Gasteiger partial charge in [-0.2, -0.15) is 0 Å². The molecule has 0 saturated heterocycles. The third-order valence-electron chi connectivity index (χ3n) is 2.82. The second-order valence-electron chi connectivity index (χ2n) is 4.84. The van der Waals surface area contributed by atoms with Gasteiger partial charge >= 0.3 is 5.97 Å². The van der Waals surface area contributed by atoms with Crippen LogP contribution in [0.3, 0.4) is 0 Å². The quantitative estimate of drug-likeness (QED) is 0.822. The van der Waals surface area contributed by atoms with E-state index < -0.39 is 11.4 Å². The van der Waals surface area contributed by atoms with E-state index in [4.69, 9.17) is 5.11 Å². The van der Waals surface area contributed by atoms with Crippen molar-refractivity contribution in [3.05, 3.63) is 29.3 Å². The van der Waals surface area contributed by atoms with Crippen LogP contribution in [0, 0.1) is 19.3 Å². The van der Waals surface area contributed by atoms with Crippen LogP contribution < -0.4 is 5.32 Å². The normalized spacial score (nSPS) is 11.2. The van der Waals surface area contributed by atoms with Crippen molar-refractivity contribution in [2.24, 2.45) is 5.41 Å². The second-order valence-corrected chi connectivity index (χ2v) is 4.84. The molecule has 0 aromatic heterocycles. The number of aliphatic carboxylic acids is 1. The van der Waals surface area contributed by atoms with Crippen molar-refractivity contribution in [1.82, 2.24) is 0 Å². The van der Waals surface area contributed by atoms with Gasteiger partial charge in [0.05, 0.1) is 5.41 Å². The Kier molecular flexibility index (Phi) is 3.58. The van der Waals surface area contributed by atoms with Gasteiger partial charge in [0, 0.05) is 12.2 Å². The highest BCUT2D eigenvalue weighted by Crippen LogP contribution is 2.19. The molecule has 0 aliphatic rings. The number of carbonyl (C=O) groups is 1. The zero-order chi connectivity index (χ0) is 12.3. The Morgan fingerprint density at radius 2 is 1.94 bits per heavy atom. The van der Waals surface area contributed by atoms with Crippen LogP contribution in [0.5, 0.6) is 0 Å². The number of nitrogens with one attached hydrogen (secondary N) is 1. The molecule has 0 bridgehead atoms. The van der Waals surface area contributed by atoms with Crippen molar-refractivity contribution in [2.45, 2.75) is 27.7 Å². The fraction of sp³-hybridized carbons (Fsp3) is 0.462. The minimum absolute atomic E-state index is 0.421. The van der Waals surface area contributed by atoms with Crippen molar-refractivity contribution in [2.75, 3.05) is 11.9 Å². The number of anilines is 1. The highest BCUT2D eigenvalue weighted by Gasteiger charge is 2.26. The molecule has 0 atom stereocenters. The molecule has 0 fully saturated rings. The fourth-order valence-electron chi connectivity index (χ4n) is 1.25. The lowest BCUT2D eigenvalue weighted by molar-refractivity contribution is -0.146. The minimum atomic E-state index is -0.788. The Labute approximate surface area is 96.5 Å². The van der Waals surface area contributed by atoms with Gasteiger partial charge in [-0.05, 0) is 51.0 Å². The van der Waals surface area contributed by atoms with Crippen LogP contribution in [0.2, 0.25) is 0 Å². The van der Waals surface area contributed by atoms with Gasteiger partial charge in [0.2, 0.25) is 0 Å². The number of hydrogen-bond donors (Lipinski definition) is 2. The lowest BCUT2D eigenvalue weighted by atomic mass is 9.94. The summed E-state index contributed by atoms with van der Waals surface area (Å²) >= 11 is 0. The van der Waals surface area contributed by atoms with E-state index in [-0.39, 0.29) is 0 Å². The average Bonchev–Trinajstić information content (AvgIpc) is 2.20. The fourth-order valence-corrected chi connectivity index (χ4v) is 1.25. The molecule has 1 aromatic carbocycles. The summed E-state index contributed by atoms with van der Waals surface area (Å²) in [4.78, 5) is 10.9. The van der Waals surface area contributed by atoms with E-state index in [9.17, 15) is 4.79 Å². The van der Waals surface area contributed by atoms with Crippen LogP contribution in [0.15, 0.2) is 18.2 Å². The molecule has 0 spiro atoms. The van der Waals surface area contributed by atoms with Gasteiger partial charge in [0.15, 0.2) is 0 Å². The third kappa shape index (κ3) is 2.99. The Bertz CT molecular complexity index is 397. The van der Waals surface area contributed by atoms with Crippen LogP contribution in [-0.2, 0) is 4.79 Å². The zero-order valence-electron chi connectivity index (χ0n) is 10.3. The molecule has 0 aliphatic heterocycles. The number of carboxylic acid groups (broad SMARTS) is 1. The molecule has 0 radical (unpaired) electrons. The molecule has 3 heteroatoms. The van der Waals surface area contributed by atoms with E-state index in [0.29, 0.717) is 6.54 Å². The van der Waals surface area contributed by atoms with Crippen LogP contribution in [0.25, 0.3) is 0 Å². The van der Waals surface area contributed by atoms with Gasteiger partial charge in [0.25, 0.3) is 0 Å². The molecule has 0 saturated carbocycles. The van der Waals surface area contributed by atoms with E-state index in [1.165, 1.54) is 11.1 Å². The lowest BCUT2D eigenvalue weighted by Gasteiger charge is -2.20. The number of rotatable bonds is 4. The predicted octanol–water partition coefficient (Wildman–Crippen LogP) is 2.83. The maximum absolute atomic E-state index is 10.9. The zero-order valence-corrected chi connectivity index (χ0v) is 10.3. The van der Waals surface area contributed by atoms with Crippen LogP contribution in [0.1, 0.15) is 25.0 Å². The number of hydrogen-bond acceptors (Lipinski definition) is 2. The summed E-state index contributed by atoms with van der Waals surface area (Å²) in [6, 6.07) is 6.04. The summed E-state index contributed by atoms with van der Waals surface area (Å²) < 4.78 is 0. The first-order valence-corrected chi connectivity index (χ1v) is 5.37. The molecule has 1 rings (SSSR count). The maximum atomic E-state index is 10.9. The van der Waals surface area contributed by atoms with E-state index in [1.54, 1.807) is 13.8 Å². The highest BCUT2D eigenvalue weighted by atomic mass is 16.4. The van der Waals surface area contributed by atoms with E-state index in [1.807, 2.05) is 25.1 Å². The third-order valence-corrected chi connectivity index (χ3v) is 2.82. The topological polar surface area (TPSA) is 49.3 Å². The Balaban J connectivity index is 2.68. The molecular formula is C13H19NO2. The van der Waals surface area contributed by atoms with E-state index in [0.717, 1.165) is 5.69 Å². The smallest absolute Gasteiger partial charge is 0.310 e. The Hall–Kier alpha value is -1.51. The first-order valence-electron chi connectivity index (χ1n) is 5.37. The largest absolute Gasteiger partial charge is 0.481 e. The summed E-state index contributed by atoms with van der Waals surface area (Å²) in [7, 11) is 0. The van der Waals surface area contributed by atoms with Gasteiger partial charge < -0.3 is 10.4 Å². The van der Waals surface area contributed by atoms with Gasteiger partial charge in [0.1, 0.15) is 0 Å². The Morgan fingerprint density at radius 1 is 1.31 bits per heavy atom. The molecule has 3 nitrogen and oxygen atoms in total. The summed E-state index contributed by atoms with van der Waals surface area (Å²) in [5.74, 6) is -0.788. The molecular weight excluding hydrogens is 202 g/mol. The van der Waals surface area contributed by atoms with Crippen molar-refractivity contribution in [1.29, 1.82) is 0 Å². The molecule has 0 heterocycles. The van der Waals surface area contributed by atoms with Crippen LogP contribution >= 0.6 is 0 Å². The maximum Gasteiger partial charge on any atom is 0.310 e. The highest BCUT2D eigenvalue weighted by molar-refractivity contribution is 5.74. The summed E-state index contributed by atoms with van der Waals surface area (Å²) in [5, 5.41) is 12.1. The summed E-state index contributed by atoms with van der Waals surface area (Å²) in [5.41, 5.74) is 2.66. The molecule has 16 heavy (non-hydrogen) atoms. The number of carboxylic acids is 1. The van der Waals surface area contributed by atoms with E-state index >= 15 is 0 Å². The standard InChI is InChI=1S/C13H19NO2/c1-9-5-6-11(7-10(9)2)14-8-13(3,4)12(15)16/h5-7,14H,8H2,1-4H3,(H,15,16). The second kappa shape index (κ2) is 4.56. The first kappa shape index (κ1) is 12.6. The van der Waals surface area contributed by atoms with Crippen LogP contribution in [-0.4, -0.2) is 17.6 Å².